The van der Waals surface area contributed by atoms with Crippen molar-refractivity contribution < 1.29 is 14.7 Å². The van der Waals surface area contributed by atoms with Crippen LogP contribution in [-0.4, -0.2) is 28.4 Å². The highest BCUT2D eigenvalue weighted by molar-refractivity contribution is 7.14. The van der Waals surface area contributed by atoms with E-state index in [9.17, 15) is 9.59 Å². The summed E-state index contributed by atoms with van der Waals surface area (Å²) in [6.45, 7) is 1.33. The number of fused-ring (bicyclic) bond motifs is 1. The molecule has 2 aliphatic rings. The van der Waals surface area contributed by atoms with E-state index in [1.54, 1.807) is 6.07 Å². The van der Waals surface area contributed by atoms with Gasteiger partial charge < -0.3 is 10.0 Å². The van der Waals surface area contributed by atoms with Crippen molar-refractivity contribution in [3.05, 3.63) is 21.4 Å². The van der Waals surface area contributed by atoms with Gasteiger partial charge in [-0.2, -0.15) is 0 Å². The van der Waals surface area contributed by atoms with Gasteiger partial charge in [-0.05, 0) is 30.9 Å². The Morgan fingerprint density at radius 1 is 1.25 bits per heavy atom. The lowest BCUT2D eigenvalue weighted by molar-refractivity contribution is -0.137. The second-order valence-corrected chi connectivity index (χ2v) is 6.85. The molecular formula is C15H19NO3S. The largest absolute Gasteiger partial charge is 0.477 e. The van der Waals surface area contributed by atoms with E-state index in [1.807, 2.05) is 4.90 Å². The van der Waals surface area contributed by atoms with Crippen LogP contribution < -0.4 is 0 Å². The number of carbonyl (C=O) groups excluding carboxylic acids is 1. The first-order chi connectivity index (χ1) is 9.65. The first-order valence-electron chi connectivity index (χ1n) is 7.29. The summed E-state index contributed by atoms with van der Waals surface area (Å²) in [4.78, 5) is 27.0. The Balaban J connectivity index is 1.71. The first kappa shape index (κ1) is 13.6. The standard InChI is InChI=1S/C15H19NO3S/c17-14(10-4-2-1-3-5-10)16-7-6-12-11(9-16)8-13(20-12)15(18)19/h8,10H,1-7,9H2,(H,18,19). The van der Waals surface area contributed by atoms with Gasteiger partial charge in [0.15, 0.2) is 0 Å². The molecule has 3 rings (SSSR count). The monoisotopic (exact) mass is 293 g/mol. The van der Waals surface area contributed by atoms with Crippen LogP contribution in [0.15, 0.2) is 6.07 Å². The van der Waals surface area contributed by atoms with Gasteiger partial charge in [-0.3, -0.25) is 4.79 Å². The minimum Gasteiger partial charge on any atom is -0.477 e. The van der Waals surface area contributed by atoms with E-state index >= 15 is 0 Å². The maximum Gasteiger partial charge on any atom is 0.345 e. The van der Waals surface area contributed by atoms with Crippen molar-refractivity contribution in [3.8, 4) is 0 Å². The Kier molecular flexibility index (Phi) is 3.78. The zero-order valence-electron chi connectivity index (χ0n) is 11.4. The highest BCUT2D eigenvalue weighted by Crippen LogP contribution is 2.31. The molecule has 0 radical (unpaired) electrons. The fourth-order valence-electron chi connectivity index (χ4n) is 3.23. The normalized spacial score (nSPS) is 19.7. The van der Waals surface area contributed by atoms with Crippen LogP contribution in [0.2, 0.25) is 0 Å². The van der Waals surface area contributed by atoms with Gasteiger partial charge in [-0.1, -0.05) is 19.3 Å². The van der Waals surface area contributed by atoms with E-state index in [-0.39, 0.29) is 11.8 Å². The van der Waals surface area contributed by atoms with Crippen molar-refractivity contribution in [1.82, 2.24) is 4.90 Å². The number of carbonyl (C=O) groups is 2. The number of carboxylic acids is 1. The molecule has 0 unspecified atom stereocenters. The van der Waals surface area contributed by atoms with Crippen LogP contribution in [-0.2, 0) is 17.8 Å². The predicted molar refractivity (Wildman–Crippen MR) is 77.0 cm³/mol. The molecule has 0 aromatic carbocycles. The Morgan fingerprint density at radius 3 is 2.70 bits per heavy atom. The van der Waals surface area contributed by atoms with E-state index in [0.717, 1.165) is 49.1 Å². The van der Waals surface area contributed by atoms with Crippen molar-refractivity contribution in [2.45, 2.75) is 45.1 Å². The Hall–Kier alpha value is -1.36. The number of hydrogen-bond donors (Lipinski definition) is 1. The van der Waals surface area contributed by atoms with Crippen LogP contribution in [0, 0.1) is 5.92 Å². The number of rotatable bonds is 2. The van der Waals surface area contributed by atoms with Gasteiger partial charge in [0.2, 0.25) is 5.91 Å². The fraction of sp³-hybridized carbons (Fsp3) is 0.600. The summed E-state index contributed by atoms with van der Waals surface area (Å²) in [7, 11) is 0. The third kappa shape index (κ3) is 2.59. The summed E-state index contributed by atoms with van der Waals surface area (Å²) in [5.74, 6) is -0.393. The summed E-state index contributed by atoms with van der Waals surface area (Å²) in [6, 6.07) is 1.74. The van der Waals surface area contributed by atoms with Gasteiger partial charge in [0.1, 0.15) is 4.88 Å². The highest BCUT2D eigenvalue weighted by Gasteiger charge is 2.29. The van der Waals surface area contributed by atoms with Crippen LogP contribution in [0.1, 0.15) is 52.2 Å². The van der Waals surface area contributed by atoms with E-state index < -0.39 is 5.97 Å². The molecule has 4 nitrogen and oxygen atoms in total. The van der Waals surface area contributed by atoms with Gasteiger partial charge in [0.05, 0.1) is 0 Å². The molecule has 1 aromatic rings. The lowest BCUT2D eigenvalue weighted by Crippen LogP contribution is -2.39. The summed E-state index contributed by atoms with van der Waals surface area (Å²) in [6.07, 6.45) is 6.42. The molecule has 0 spiro atoms. The smallest absolute Gasteiger partial charge is 0.345 e. The molecule has 20 heavy (non-hydrogen) atoms. The first-order valence-corrected chi connectivity index (χ1v) is 8.10. The maximum atomic E-state index is 12.5. The molecule has 1 saturated carbocycles. The van der Waals surface area contributed by atoms with Crippen LogP contribution in [0.3, 0.4) is 0 Å². The molecule has 1 amide bonds. The molecule has 1 fully saturated rings. The van der Waals surface area contributed by atoms with Crippen LogP contribution >= 0.6 is 11.3 Å². The van der Waals surface area contributed by atoms with Gasteiger partial charge in [0.25, 0.3) is 0 Å². The molecular weight excluding hydrogens is 274 g/mol. The number of amides is 1. The summed E-state index contributed by atoms with van der Waals surface area (Å²) < 4.78 is 0. The lowest BCUT2D eigenvalue weighted by Gasteiger charge is -2.32. The Labute approximate surface area is 122 Å². The fourth-order valence-corrected chi connectivity index (χ4v) is 4.24. The summed E-state index contributed by atoms with van der Waals surface area (Å²) >= 11 is 1.36. The van der Waals surface area contributed by atoms with Gasteiger partial charge in [-0.15, -0.1) is 11.3 Å². The second kappa shape index (κ2) is 5.56. The second-order valence-electron chi connectivity index (χ2n) is 5.71. The minimum atomic E-state index is -0.866. The number of hydrogen-bond acceptors (Lipinski definition) is 3. The molecule has 1 aliphatic heterocycles. The molecule has 2 heterocycles. The van der Waals surface area contributed by atoms with Crippen molar-refractivity contribution in [3.63, 3.8) is 0 Å². The molecule has 0 bridgehead atoms. The summed E-state index contributed by atoms with van der Waals surface area (Å²) in [5.41, 5.74) is 1.03. The third-order valence-electron chi connectivity index (χ3n) is 4.34. The SMILES string of the molecule is O=C(O)c1cc2c(s1)CCN(C(=O)C1CCCCC1)C2. The van der Waals surface area contributed by atoms with Crippen molar-refractivity contribution in [1.29, 1.82) is 0 Å². The van der Waals surface area contributed by atoms with Crippen LogP contribution in [0.5, 0.6) is 0 Å². The molecule has 0 atom stereocenters. The van der Waals surface area contributed by atoms with E-state index in [4.69, 9.17) is 5.11 Å². The van der Waals surface area contributed by atoms with Crippen molar-refractivity contribution in [2.24, 2.45) is 5.92 Å². The van der Waals surface area contributed by atoms with E-state index in [2.05, 4.69) is 0 Å². The molecule has 0 saturated heterocycles. The highest BCUT2D eigenvalue weighted by atomic mass is 32.1. The average molecular weight is 293 g/mol. The van der Waals surface area contributed by atoms with Crippen molar-refractivity contribution in [2.75, 3.05) is 6.54 Å². The zero-order valence-corrected chi connectivity index (χ0v) is 12.2. The number of carboxylic acid groups (broad SMARTS) is 1. The molecule has 1 aliphatic carbocycles. The number of thiophene rings is 1. The van der Waals surface area contributed by atoms with Crippen molar-refractivity contribution >= 4 is 23.2 Å². The molecule has 1 aromatic heterocycles. The van der Waals surface area contributed by atoms with Crippen LogP contribution in [0.4, 0.5) is 0 Å². The Morgan fingerprint density at radius 2 is 2.00 bits per heavy atom. The predicted octanol–water partition coefficient (Wildman–Crippen LogP) is 2.91. The topological polar surface area (TPSA) is 57.6 Å². The average Bonchev–Trinajstić information content (AvgIpc) is 2.90. The zero-order chi connectivity index (χ0) is 14.1. The van der Waals surface area contributed by atoms with E-state index in [0.29, 0.717) is 11.4 Å². The molecule has 1 N–H and O–H groups in total. The lowest BCUT2D eigenvalue weighted by atomic mass is 9.88. The maximum absolute atomic E-state index is 12.5. The number of aromatic carboxylic acids is 1. The Bertz CT molecular complexity index is 531. The van der Waals surface area contributed by atoms with Gasteiger partial charge >= 0.3 is 5.97 Å². The van der Waals surface area contributed by atoms with Gasteiger partial charge in [-0.25, -0.2) is 4.79 Å². The minimum absolute atomic E-state index is 0.197. The van der Waals surface area contributed by atoms with Crippen LogP contribution in [0.25, 0.3) is 0 Å². The summed E-state index contributed by atoms with van der Waals surface area (Å²) in [5, 5.41) is 9.04. The quantitative estimate of drug-likeness (QED) is 0.912. The third-order valence-corrected chi connectivity index (χ3v) is 5.57. The molecule has 108 valence electrons. The molecule has 5 heteroatoms. The van der Waals surface area contributed by atoms with E-state index in [1.165, 1.54) is 17.8 Å². The van der Waals surface area contributed by atoms with Gasteiger partial charge in [0, 0.05) is 23.9 Å². The number of nitrogens with zero attached hydrogens (tertiary/aromatic N) is 1.